The van der Waals surface area contributed by atoms with Crippen molar-refractivity contribution in [3.63, 3.8) is 0 Å². The van der Waals surface area contributed by atoms with Crippen LogP contribution in [0.4, 0.5) is 5.82 Å². The Kier molecular flexibility index (Phi) is 3.19. The van der Waals surface area contributed by atoms with Crippen molar-refractivity contribution in [3.05, 3.63) is 22.2 Å². The summed E-state index contributed by atoms with van der Waals surface area (Å²) in [5.74, 6) is 2.06. The zero-order chi connectivity index (χ0) is 12.6. The molecule has 1 N–H and O–H groups in total. The maximum Gasteiger partial charge on any atom is 0.252 e. The number of H-pyrrole nitrogens is 1. The van der Waals surface area contributed by atoms with E-state index in [1.54, 1.807) is 6.07 Å². The molecule has 17 heavy (non-hydrogen) atoms. The van der Waals surface area contributed by atoms with Crippen LogP contribution in [0.2, 0.25) is 0 Å². The lowest BCUT2D eigenvalue weighted by Crippen LogP contribution is -2.34. The molecule has 1 fully saturated rings. The zero-order valence-corrected chi connectivity index (χ0v) is 10.9. The summed E-state index contributed by atoms with van der Waals surface area (Å²) < 4.78 is 0. The van der Waals surface area contributed by atoms with Gasteiger partial charge in [-0.2, -0.15) is 0 Å². The first-order valence-electron chi connectivity index (χ1n) is 5.96. The molecule has 2 unspecified atom stereocenters. The zero-order valence-electron chi connectivity index (χ0n) is 10.9. The molecule has 1 aromatic rings. The standard InChI is InChI=1S/C12H20N4O/c1-8-6-16(7-10(8)15(3)4)11-5-12(17)14-9(2)13-11/h5,8,10H,6-7H2,1-4H3,(H,13,14,17). The van der Waals surface area contributed by atoms with Crippen LogP contribution in [0.3, 0.4) is 0 Å². The van der Waals surface area contributed by atoms with Crippen LogP contribution in [0.1, 0.15) is 12.7 Å². The van der Waals surface area contributed by atoms with Gasteiger partial charge in [-0.25, -0.2) is 4.98 Å². The van der Waals surface area contributed by atoms with Gasteiger partial charge < -0.3 is 14.8 Å². The molecule has 1 aliphatic heterocycles. The SMILES string of the molecule is Cc1nc(N2CC(C)C(N(C)C)C2)cc(=O)[nH]1. The third kappa shape index (κ3) is 2.49. The minimum absolute atomic E-state index is 0.0755. The smallest absolute Gasteiger partial charge is 0.252 e. The van der Waals surface area contributed by atoms with E-state index in [1.165, 1.54) is 0 Å². The summed E-state index contributed by atoms with van der Waals surface area (Å²) in [6.07, 6.45) is 0. The molecule has 5 nitrogen and oxygen atoms in total. The third-order valence-electron chi connectivity index (χ3n) is 3.41. The predicted octanol–water partition coefficient (Wildman–Crippen LogP) is 0.465. The average Bonchev–Trinajstić information content (AvgIpc) is 2.59. The molecular weight excluding hydrogens is 216 g/mol. The third-order valence-corrected chi connectivity index (χ3v) is 3.41. The number of nitrogens with zero attached hydrogens (tertiary/aromatic N) is 3. The van der Waals surface area contributed by atoms with E-state index >= 15 is 0 Å². The van der Waals surface area contributed by atoms with Gasteiger partial charge in [-0.15, -0.1) is 0 Å². The topological polar surface area (TPSA) is 52.2 Å². The van der Waals surface area contributed by atoms with Crippen molar-refractivity contribution in [1.29, 1.82) is 0 Å². The fraction of sp³-hybridized carbons (Fsp3) is 0.667. The van der Waals surface area contributed by atoms with Gasteiger partial charge in [0.1, 0.15) is 11.6 Å². The van der Waals surface area contributed by atoms with Crippen LogP contribution in [0.15, 0.2) is 10.9 Å². The molecule has 0 saturated carbocycles. The molecule has 1 saturated heterocycles. The Morgan fingerprint density at radius 1 is 1.47 bits per heavy atom. The Morgan fingerprint density at radius 2 is 2.18 bits per heavy atom. The summed E-state index contributed by atoms with van der Waals surface area (Å²) in [5.41, 5.74) is -0.0755. The van der Waals surface area contributed by atoms with E-state index in [2.05, 4.69) is 40.8 Å². The van der Waals surface area contributed by atoms with Crippen molar-refractivity contribution in [2.75, 3.05) is 32.1 Å². The average molecular weight is 236 g/mol. The van der Waals surface area contributed by atoms with Crippen LogP contribution in [-0.4, -0.2) is 48.1 Å². The second-order valence-corrected chi connectivity index (χ2v) is 5.10. The molecule has 5 heteroatoms. The maximum absolute atomic E-state index is 11.4. The molecule has 2 atom stereocenters. The first-order valence-corrected chi connectivity index (χ1v) is 5.96. The number of nitrogens with one attached hydrogen (secondary N) is 1. The lowest BCUT2D eigenvalue weighted by atomic mass is 10.1. The van der Waals surface area contributed by atoms with Gasteiger partial charge in [-0.05, 0) is 26.9 Å². The molecule has 1 aromatic heterocycles. The van der Waals surface area contributed by atoms with Crippen LogP contribution < -0.4 is 10.5 Å². The quantitative estimate of drug-likeness (QED) is 0.811. The van der Waals surface area contributed by atoms with E-state index in [0.29, 0.717) is 17.8 Å². The van der Waals surface area contributed by atoms with Gasteiger partial charge in [0.05, 0.1) is 0 Å². The molecule has 94 valence electrons. The molecule has 1 aliphatic rings. The van der Waals surface area contributed by atoms with Crippen molar-refractivity contribution in [2.45, 2.75) is 19.9 Å². The summed E-state index contributed by atoms with van der Waals surface area (Å²) in [4.78, 5) is 22.9. The number of aromatic nitrogens is 2. The normalized spacial score (nSPS) is 24.6. The fourth-order valence-electron chi connectivity index (χ4n) is 2.53. The van der Waals surface area contributed by atoms with Crippen molar-refractivity contribution in [3.8, 4) is 0 Å². The van der Waals surface area contributed by atoms with Gasteiger partial charge in [0.15, 0.2) is 0 Å². The molecule has 0 aromatic carbocycles. The monoisotopic (exact) mass is 236 g/mol. The van der Waals surface area contributed by atoms with Crippen LogP contribution in [0.25, 0.3) is 0 Å². The van der Waals surface area contributed by atoms with E-state index in [4.69, 9.17) is 0 Å². The van der Waals surface area contributed by atoms with Crippen molar-refractivity contribution < 1.29 is 0 Å². The molecule has 0 bridgehead atoms. The molecule has 0 aliphatic carbocycles. The number of hydrogen-bond acceptors (Lipinski definition) is 4. The lowest BCUT2D eigenvalue weighted by Gasteiger charge is -2.22. The maximum atomic E-state index is 11.4. The highest BCUT2D eigenvalue weighted by molar-refractivity contribution is 5.39. The van der Waals surface area contributed by atoms with Crippen LogP contribution in [-0.2, 0) is 0 Å². The van der Waals surface area contributed by atoms with Crippen LogP contribution in [0, 0.1) is 12.8 Å². The van der Waals surface area contributed by atoms with E-state index in [-0.39, 0.29) is 5.56 Å². The second kappa shape index (κ2) is 4.49. The number of rotatable bonds is 2. The Labute approximate surface area is 101 Å². The Balaban J connectivity index is 2.22. The van der Waals surface area contributed by atoms with Gasteiger partial charge in [-0.1, -0.05) is 6.92 Å². The highest BCUT2D eigenvalue weighted by atomic mass is 16.1. The fourth-order valence-corrected chi connectivity index (χ4v) is 2.53. The minimum atomic E-state index is -0.0755. The van der Waals surface area contributed by atoms with Gasteiger partial charge in [0, 0.05) is 25.2 Å². The number of aryl methyl sites for hydroxylation is 1. The van der Waals surface area contributed by atoms with Crippen LogP contribution in [0.5, 0.6) is 0 Å². The molecule has 0 radical (unpaired) electrons. The molecule has 2 rings (SSSR count). The predicted molar refractivity (Wildman–Crippen MR) is 68.4 cm³/mol. The van der Waals surface area contributed by atoms with Gasteiger partial charge in [0.2, 0.25) is 0 Å². The lowest BCUT2D eigenvalue weighted by molar-refractivity contribution is 0.266. The van der Waals surface area contributed by atoms with Crippen LogP contribution >= 0.6 is 0 Å². The number of hydrogen-bond donors (Lipinski definition) is 1. The summed E-state index contributed by atoms with van der Waals surface area (Å²) in [5, 5.41) is 0. The van der Waals surface area contributed by atoms with E-state index in [9.17, 15) is 4.79 Å². The number of aromatic amines is 1. The highest BCUT2D eigenvalue weighted by Gasteiger charge is 2.31. The van der Waals surface area contributed by atoms with Gasteiger partial charge in [0.25, 0.3) is 5.56 Å². The van der Waals surface area contributed by atoms with Crippen molar-refractivity contribution >= 4 is 5.82 Å². The molecule has 0 amide bonds. The Bertz CT molecular complexity index is 454. The highest BCUT2D eigenvalue weighted by Crippen LogP contribution is 2.23. The van der Waals surface area contributed by atoms with Gasteiger partial charge >= 0.3 is 0 Å². The number of likely N-dealkylation sites (N-methyl/N-ethyl adjacent to an activating group) is 1. The second-order valence-electron chi connectivity index (χ2n) is 5.10. The summed E-state index contributed by atoms with van der Waals surface area (Å²) in [6.45, 7) is 5.95. The molecule has 0 spiro atoms. The molecular formula is C12H20N4O. The summed E-state index contributed by atoms with van der Waals surface area (Å²) in [7, 11) is 4.20. The number of anilines is 1. The Hall–Kier alpha value is -1.36. The Morgan fingerprint density at radius 3 is 2.71 bits per heavy atom. The summed E-state index contributed by atoms with van der Waals surface area (Å²) in [6, 6.07) is 2.11. The van der Waals surface area contributed by atoms with E-state index in [1.807, 2.05) is 6.92 Å². The van der Waals surface area contributed by atoms with E-state index in [0.717, 1.165) is 18.9 Å². The van der Waals surface area contributed by atoms with Crippen molar-refractivity contribution in [2.24, 2.45) is 5.92 Å². The van der Waals surface area contributed by atoms with Crippen molar-refractivity contribution in [1.82, 2.24) is 14.9 Å². The van der Waals surface area contributed by atoms with Gasteiger partial charge in [-0.3, -0.25) is 4.79 Å². The summed E-state index contributed by atoms with van der Waals surface area (Å²) >= 11 is 0. The first kappa shape index (κ1) is 12.1. The van der Waals surface area contributed by atoms with E-state index < -0.39 is 0 Å². The first-order chi connectivity index (χ1) is 7.97. The largest absolute Gasteiger partial charge is 0.354 e. The minimum Gasteiger partial charge on any atom is -0.354 e. The molecule has 2 heterocycles.